The van der Waals surface area contributed by atoms with Gasteiger partial charge in [0.1, 0.15) is 0 Å². The zero-order chi connectivity index (χ0) is 19.1. The number of carbonyl (C=O) groups is 1. The maximum Gasteiger partial charge on any atom is 0.227 e. The lowest BCUT2D eigenvalue weighted by Gasteiger charge is -2.12. The third kappa shape index (κ3) is 4.87. The molecule has 0 unspecified atom stereocenters. The molecule has 0 aliphatic carbocycles. The van der Waals surface area contributed by atoms with Gasteiger partial charge in [-0.1, -0.05) is 19.0 Å². The summed E-state index contributed by atoms with van der Waals surface area (Å²) >= 11 is 0. The third-order valence-corrected chi connectivity index (χ3v) is 3.66. The van der Waals surface area contributed by atoms with E-state index in [-0.39, 0.29) is 5.91 Å². The fraction of sp³-hybridized carbons (Fsp3) is 0.500. The molecule has 0 fully saturated rings. The maximum absolute atomic E-state index is 11.8. The molecule has 26 heavy (non-hydrogen) atoms. The summed E-state index contributed by atoms with van der Waals surface area (Å²) in [7, 11) is 4.62. The van der Waals surface area contributed by atoms with Crippen molar-refractivity contribution in [1.29, 1.82) is 0 Å². The van der Waals surface area contributed by atoms with Crippen molar-refractivity contribution in [3.8, 4) is 28.6 Å². The molecular weight excluding hydrogens is 338 g/mol. The number of rotatable bonds is 9. The van der Waals surface area contributed by atoms with E-state index in [0.29, 0.717) is 59.8 Å². The Morgan fingerprint density at radius 2 is 1.81 bits per heavy atom. The van der Waals surface area contributed by atoms with Crippen molar-refractivity contribution in [2.45, 2.75) is 26.7 Å². The van der Waals surface area contributed by atoms with E-state index in [2.05, 4.69) is 15.5 Å². The van der Waals surface area contributed by atoms with Gasteiger partial charge in [0.15, 0.2) is 11.5 Å². The van der Waals surface area contributed by atoms with Gasteiger partial charge in [-0.3, -0.25) is 4.79 Å². The molecule has 0 aliphatic rings. The van der Waals surface area contributed by atoms with E-state index in [1.54, 1.807) is 26.4 Å². The summed E-state index contributed by atoms with van der Waals surface area (Å²) in [5.74, 6) is 2.65. The molecule has 1 aromatic carbocycles. The molecule has 1 amide bonds. The molecule has 0 bridgehead atoms. The molecule has 0 radical (unpaired) electrons. The molecule has 0 spiro atoms. The smallest absolute Gasteiger partial charge is 0.227 e. The number of aryl methyl sites for hydroxylation is 1. The zero-order valence-electron chi connectivity index (χ0n) is 15.8. The molecule has 2 aromatic rings. The lowest BCUT2D eigenvalue weighted by Crippen LogP contribution is -2.27. The summed E-state index contributed by atoms with van der Waals surface area (Å²) in [5.41, 5.74) is 0.666. The highest BCUT2D eigenvalue weighted by molar-refractivity contribution is 5.76. The predicted molar refractivity (Wildman–Crippen MR) is 95.6 cm³/mol. The standard InChI is InChI=1S/C18H25N3O5/c1-11(2)10-19-15(22)6-7-16-20-18(21-26-16)12-8-13(23-3)17(25-5)14(9-12)24-4/h8-9,11H,6-7,10H2,1-5H3,(H,19,22). The monoisotopic (exact) mass is 363 g/mol. The Hall–Kier alpha value is -2.77. The predicted octanol–water partition coefficient (Wildman–Crippen LogP) is 2.47. The second kappa shape index (κ2) is 9.07. The van der Waals surface area contributed by atoms with Crippen LogP contribution in [-0.4, -0.2) is 43.9 Å². The lowest BCUT2D eigenvalue weighted by atomic mass is 10.1. The van der Waals surface area contributed by atoms with Crippen molar-refractivity contribution in [3.05, 3.63) is 18.0 Å². The Balaban J connectivity index is 2.10. The SMILES string of the molecule is COc1cc(-c2noc(CCC(=O)NCC(C)C)n2)cc(OC)c1OC. The number of nitrogens with zero attached hydrogens (tertiary/aromatic N) is 2. The van der Waals surface area contributed by atoms with Gasteiger partial charge in [0.05, 0.1) is 21.3 Å². The molecule has 0 atom stereocenters. The Labute approximate surface area is 152 Å². The second-order valence-corrected chi connectivity index (χ2v) is 6.12. The molecule has 0 saturated heterocycles. The topological polar surface area (TPSA) is 95.7 Å². The van der Waals surface area contributed by atoms with Gasteiger partial charge in [-0.25, -0.2) is 0 Å². The van der Waals surface area contributed by atoms with Crippen LogP contribution in [0.4, 0.5) is 0 Å². The summed E-state index contributed by atoms with van der Waals surface area (Å²) in [6, 6.07) is 3.48. The Morgan fingerprint density at radius 3 is 2.35 bits per heavy atom. The van der Waals surface area contributed by atoms with E-state index in [1.165, 1.54) is 7.11 Å². The number of benzene rings is 1. The summed E-state index contributed by atoms with van der Waals surface area (Å²) in [4.78, 5) is 16.1. The number of aromatic nitrogens is 2. The van der Waals surface area contributed by atoms with Crippen molar-refractivity contribution in [3.63, 3.8) is 0 Å². The summed E-state index contributed by atoms with van der Waals surface area (Å²) in [6.45, 7) is 4.74. The minimum absolute atomic E-state index is 0.0359. The minimum Gasteiger partial charge on any atom is -0.493 e. The van der Waals surface area contributed by atoms with E-state index >= 15 is 0 Å². The van der Waals surface area contributed by atoms with E-state index < -0.39 is 0 Å². The van der Waals surface area contributed by atoms with Crippen molar-refractivity contribution in [2.75, 3.05) is 27.9 Å². The number of hydrogen-bond acceptors (Lipinski definition) is 7. The fourth-order valence-corrected chi connectivity index (χ4v) is 2.31. The van der Waals surface area contributed by atoms with Crippen LogP contribution in [0.25, 0.3) is 11.4 Å². The van der Waals surface area contributed by atoms with Gasteiger partial charge >= 0.3 is 0 Å². The normalized spacial score (nSPS) is 10.7. The van der Waals surface area contributed by atoms with E-state index in [0.717, 1.165) is 0 Å². The van der Waals surface area contributed by atoms with Crippen LogP contribution in [0.3, 0.4) is 0 Å². The van der Waals surface area contributed by atoms with Crippen LogP contribution in [0.2, 0.25) is 0 Å². The third-order valence-electron chi connectivity index (χ3n) is 3.66. The Bertz CT molecular complexity index is 717. The van der Waals surface area contributed by atoms with Crippen LogP contribution in [-0.2, 0) is 11.2 Å². The first kappa shape index (κ1) is 19.6. The maximum atomic E-state index is 11.8. The van der Waals surface area contributed by atoms with E-state index in [4.69, 9.17) is 18.7 Å². The van der Waals surface area contributed by atoms with Gasteiger partial charge in [0.25, 0.3) is 0 Å². The lowest BCUT2D eigenvalue weighted by molar-refractivity contribution is -0.121. The van der Waals surface area contributed by atoms with Crippen molar-refractivity contribution < 1.29 is 23.5 Å². The summed E-state index contributed by atoms with van der Waals surface area (Å²) in [5, 5.41) is 6.83. The molecule has 1 heterocycles. The van der Waals surface area contributed by atoms with Crippen LogP contribution in [0.5, 0.6) is 17.2 Å². The minimum atomic E-state index is -0.0359. The molecule has 0 aliphatic heterocycles. The number of methoxy groups -OCH3 is 3. The highest BCUT2D eigenvalue weighted by atomic mass is 16.5. The molecule has 8 heteroatoms. The molecule has 2 rings (SSSR count). The van der Waals surface area contributed by atoms with E-state index in [9.17, 15) is 4.79 Å². The first-order valence-corrected chi connectivity index (χ1v) is 8.38. The van der Waals surface area contributed by atoms with Gasteiger partial charge in [0, 0.05) is 24.9 Å². The molecule has 8 nitrogen and oxygen atoms in total. The Kier molecular flexibility index (Phi) is 6.82. The number of carbonyl (C=O) groups excluding carboxylic acids is 1. The second-order valence-electron chi connectivity index (χ2n) is 6.12. The molecule has 1 N–H and O–H groups in total. The number of ether oxygens (including phenoxy) is 3. The Morgan fingerprint density at radius 1 is 1.15 bits per heavy atom. The van der Waals surface area contributed by atoms with Crippen molar-refractivity contribution in [1.82, 2.24) is 15.5 Å². The van der Waals surface area contributed by atoms with Gasteiger partial charge < -0.3 is 24.1 Å². The number of amides is 1. The molecule has 0 saturated carbocycles. The first-order valence-electron chi connectivity index (χ1n) is 8.38. The zero-order valence-corrected chi connectivity index (χ0v) is 15.8. The van der Waals surface area contributed by atoms with E-state index in [1.807, 2.05) is 13.8 Å². The van der Waals surface area contributed by atoms with Crippen LogP contribution < -0.4 is 19.5 Å². The molecule has 1 aromatic heterocycles. The quantitative estimate of drug-likeness (QED) is 0.731. The average molecular weight is 363 g/mol. The highest BCUT2D eigenvalue weighted by Gasteiger charge is 2.17. The van der Waals surface area contributed by atoms with Gasteiger partial charge in [-0.05, 0) is 18.1 Å². The van der Waals surface area contributed by atoms with Crippen LogP contribution in [0.15, 0.2) is 16.7 Å². The molecular formula is C18H25N3O5. The number of nitrogens with one attached hydrogen (secondary N) is 1. The molecule has 142 valence electrons. The van der Waals surface area contributed by atoms with Gasteiger partial charge in [-0.15, -0.1) is 0 Å². The van der Waals surface area contributed by atoms with Gasteiger partial charge in [0.2, 0.25) is 23.4 Å². The summed E-state index contributed by atoms with van der Waals surface area (Å²) < 4.78 is 21.2. The van der Waals surface area contributed by atoms with Gasteiger partial charge in [-0.2, -0.15) is 4.98 Å². The van der Waals surface area contributed by atoms with Crippen molar-refractivity contribution in [2.24, 2.45) is 5.92 Å². The fourth-order valence-electron chi connectivity index (χ4n) is 2.31. The van der Waals surface area contributed by atoms with Crippen LogP contribution in [0, 0.1) is 5.92 Å². The average Bonchev–Trinajstić information content (AvgIpc) is 3.12. The summed E-state index contributed by atoms with van der Waals surface area (Å²) in [6.07, 6.45) is 0.672. The highest BCUT2D eigenvalue weighted by Crippen LogP contribution is 2.40. The largest absolute Gasteiger partial charge is 0.493 e. The van der Waals surface area contributed by atoms with Crippen LogP contribution in [0.1, 0.15) is 26.2 Å². The number of hydrogen-bond donors (Lipinski definition) is 1. The van der Waals surface area contributed by atoms with Crippen LogP contribution >= 0.6 is 0 Å². The van der Waals surface area contributed by atoms with Crippen molar-refractivity contribution >= 4 is 5.91 Å². The first-order chi connectivity index (χ1) is 12.5.